The summed E-state index contributed by atoms with van der Waals surface area (Å²) in [4.78, 5) is 17.0. The van der Waals surface area contributed by atoms with Crippen LogP contribution in [0.25, 0.3) is 0 Å². The van der Waals surface area contributed by atoms with E-state index in [4.69, 9.17) is 22.7 Å². The van der Waals surface area contributed by atoms with E-state index in [0.29, 0.717) is 11.6 Å². The first-order valence-electron chi connectivity index (χ1n) is 8.54. The van der Waals surface area contributed by atoms with E-state index in [1.807, 2.05) is 6.07 Å². The quantitative estimate of drug-likeness (QED) is 0.608. The molecule has 0 saturated heterocycles. The van der Waals surface area contributed by atoms with E-state index >= 15 is 0 Å². The van der Waals surface area contributed by atoms with Gasteiger partial charge in [-0.1, -0.05) is 50.9 Å². The molecule has 23 heavy (non-hydrogen) atoms. The van der Waals surface area contributed by atoms with Crippen molar-refractivity contribution in [3.63, 3.8) is 0 Å². The average Bonchev–Trinajstić information content (AvgIpc) is 2.56. The molecule has 0 amide bonds. The SMILES string of the molecule is CCCC(OC(=O)C(C(N)=S)c1ccccn1)C1CCCCC1. The predicted octanol–water partition coefficient (Wildman–Crippen LogP) is 3.74. The summed E-state index contributed by atoms with van der Waals surface area (Å²) in [6.07, 6.45) is 9.50. The molecule has 1 aromatic heterocycles. The molecule has 1 aromatic rings. The number of thiocarbonyl (C=S) groups is 1. The Balaban J connectivity index is 2.10. The van der Waals surface area contributed by atoms with Gasteiger partial charge in [-0.25, -0.2) is 0 Å². The fraction of sp³-hybridized carbons (Fsp3) is 0.611. The van der Waals surface area contributed by atoms with Crippen LogP contribution in [0.2, 0.25) is 0 Å². The molecule has 2 atom stereocenters. The summed E-state index contributed by atoms with van der Waals surface area (Å²) in [6, 6.07) is 5.39. The maximum Gasteiger partial charge on any atom is 0.322 e. The minimum Gasteiger partial charge on any atom is -0.461 e. The van der Waals surface area contributed by atoms with E-state index in [1.165, 1.54) is 19.3 Å². The largest absolute Gasteiger partial charge is 0.461 e. The highest BCUT2D eigenvalue weighted by Gasteiger charge is 2.32. The van der Waals surface area contributed by atoms with Gasteiger partial charge >= 0.3 is 5.97 Å². The molecule has 1 aliphatic carbocycles. The monoisotopic (exact) mass is 334 g/mol. The number of carbonyl (C=O) groups is 1. The van der Waals surface area contributed by atoms with Gasteiger partial charge in [0.2, 0.25) is 0 Å². The van der Waals surface area contributed by atoms with E-state index in [-0.39, 0.29) is 17.1 Å². The predicted molar refractivity (Wildman–Crippen MR) is 95.1 cm³/mol. The van der Waals surface area contributed by atoms with Crippen LogP contribution < -0.4 is 5.73 Å². The van der Waals surface area contributed by atoms with Crippen molar-refractivity contribution >= 4 is 23.2 Å². The Hall–Kier alpha value is -1.49. The Morgan fingerprint density at radius 2 is 2.13 bits per heavy atom. The third kappa shape index (κ3) is 4.99. The lowest BCUT2D eigenvalue weighted by atomic mass is 9.83. The van der Waals surface area contributed by atoms with Crippen LogP contribution in [0.1, 0.15) is 63.5 Å². The van der Waals surface area contributed by atoms with Gasteiger partial charge in [0.25, 0.3) is 0 Å². The lowest BCUT2D eigenvalue weighted by Crippen LogP contribution is -2.35. The second kappa shape index (κ2) is 8.96. The second-order valence-corrected chi connectivity index (χ2v) is 6.72. The van der Waals surface area contributed by atoms with Crippen molar-refractivity contribution in [2.24, 2.45) is 11.7 Å². The lowest BCUT2D eigenvalue weighted by molar-refractivity contribution is -0.153. The molecular weight excluding hydrogens is 308 g/mol. The first kappa shape index (κ1) is 17.9. The van der Waals surface area contributed by atoms with Gasteiger partial charge in [-0.2, -0.15) is 0 Å². The van der Waals surface area contributed by atoms with Crippen molar-refractivity contribution in [3.05, 3.63) is 30.1 Å². The van der Waals surface area contributed by atoms with E-state index in [1.54, 1.807) is 18.3 Å². The maximum atomic E-state index is 12.7. The van der Waals surface area contributed by atoms with Gasteiger partial charge in [0.1, 0.15) is 12.0 Å². The van der Waals surface area contributed by atoms with Crippen molar-refractivity contribution in [3.8, 4) is 0 Å². The number of pyridine rings is 1. The van der Waals surface area contributed by atoms with Crippen LogP contribution in [0.15, 0.2) is 24.4 Å². The summed E-state index contributed by atoms with van der Waals surface area (Å²) in [5.74, 6) is -0.655. The van der Waals surface area contributed by atoms with Crippen molar-refractivity contribution < 1.29 is 9.53 Å². The molecule has 0 spiro atoms. The molecule has 1 saturated carbocycles. The summed E-state index contributed by atoms with van der Waals surface area (Å²) in [6.45, 7) is 2.12. The van der Waals surface area contributed by atoms with Gasteiger partial charge < -0.3 is 10.5 Å². The van der Waals surface area contributed by atoms with E-state index in [9.17, 15) is 4.79 Å². The fourth-order valence-corrected chi connectivity index (χ4v) is 3.54. The summed E-state index contributed by atoms with van der Waals surface area (Å²) >= 11 is 5.09. The molecule has 0 aliphatic heterocycles. The second-order valence-electron chi connectivity index (χ2n) is 6.25. The number of nitrogens with zero attached hydrogens (tertiary/aromatic N) is 1. The minimum atomic E-state index is -0.755. The first-order chi connectivity index (χ1) is 11.1. The number of hydrogen-bond acceptors (Lipinski definition) is 4. The summed E-state index contributed by atoms with van der Waals surface area (Å²) < 4.78 is 5.86. The zero-order valence-corrected chi connectivity index (χ0v) is 14.6. The van der Waals surface area contributed by atoms with Crippen molar-refractivity contribution in [2.75, 3.05) is 0 Å². The van der Waals surface area contributed by atoms with E-state index in [0.717, 1.165) is 25.7 Å². The highest BCUT2D eigenvalue weighted by Crippen LogP contribution is 2.31. The van der Waals surface area contributed by atoms with Crippen LogP contribution >= 0.6 is 12.2 Å². The molecule has 2 unspecified atom stereocenters. The van der Waals surface area contributed by atoms with Crippen molar-refractivity contribution in [1.82, 2.24) is 4.98 Å². The normalized spacial score (nSPS) is 18.1. The Bertz CT molecular complexity index is 515. The molecule has 1 heterocycles. The number of hydrogen-bond donors (Lipinski definition) is 1. The van der Waals surface area contributed by atoms with Crippen LogP contribution in [0, 0.1) is 5.92 Å². The molecule has 1 fully saturated rings. The zero-order chi connectivity index (χ0) is 16.7. The maximum absolute atomic E-state index is 12.7. The minimum absolute atomic E-state index is 0.0339. The van der Waals surface area contributed by atoms with Crippen LogP contribution in [0.4, 0.5) is 0 Å². The summed E-state index contributed by atoms with van der Waals surface area (Å²) in [5, 5.41) is 0. The van der Waals surface area contributed by atoms with Crippen LogP contribution in [-0.4, -0.2) is 22.0 Å². The molecule has 2 rings (SSSR count). The Kier molecular flexibility index (Phi) is 6.96. The van der Waals surface area contributed by atoms with E-state index in [2.05, 4.69) is 11.9 Å². The zero-order valence-electron chi connectivity index (χ0n) is 13.7. The van der Waals surface area contributed by atoms with Crippen LogP contribution in [0.5, 0.6) is 0 Å². The number of rotatable bonds is 7. The number of carbonyl (C=O) groups excluding carboxylic acids is 1. The smallest absolute Gasteiger partial charge is 0.322 e. The number of esters is 1. The fourth-order valence-electron chi connectivity index (χ4n) is 3.33. The van der Waals surface area contributed by atoms with Gasteiger partial charge in [0.05, 0.1) is 10.7 Å². The van der Waals surface area contributed by atoms with Crippen molar-refractivity contribution in [2.45, 2.75) is 63.9 Å². The lowest BCUT2D eigenvalue weighted by Gasteiger charge is -2.30. The molecule has 126 valence electrons. The standard InChI is InChI=1S/C18H26N2O2S/c1-2-8-15(13-9-4-3-5-10-13)22-18(21)16(17(19)23)14-11-6-7-12-20-14/h6-7,11-13,15-16H,2-5,8-10H2,1H3,(H2,19,23). The van der Waals surface area contributed by atoms with Crippen molar-refractivity contribution in [1.29, 1.82) is 0 Å². The molecule has 0 bridgehead atoms. The summed E-state index contributed by atoms with van der Waals surface area (Å²) in [5.41, 5.74) is 6.35. The molecule has 0 radical (unpaired) electrons. The highest BCUT2D eigenvalue weighted by molar-refractivity contribution is 7.80. The van der Waals surface area contributed by atoms with Gasteiger partial charge in [-0.15, -0.1) is 0 Å². The van der Waals surface area contributed by atoms with Gasteiger partial charge in [-0.05, 0) is 37.3 Å². The topological polar surface area (TPSA) is 65.2 Å². The molecule has 4 nitrogen and oxygen atoms in total. The Morgan fingerprint density at radius 3 is 2.70 bits per heavy atom. The first-order valence-corrected chi connectivity index (χ1v) is 8.95. The Morgan fingerprint density at radius 1 is 1.39 bits per heavy atom. The van der Waals surface area contributed by atoms with Crippen LogP contribution in [-0.2, 0) is 9.53 Å². The van der Waals surface area contributed by atoms with E-state index < -0.39 is 5.92 Å². The molecule has 5 heteroatoms. The molecule has 1 aliphatic rings. The van der Waals surface area contributed by atoms with Crippen LogP contribution in [0.3, 0.4) is 0 Å². The number of nitrogens with two attached hydrogens (primary N) is 1. The summed E-state index contributed by atoms with van der Waals surface area (Å²) in [7, 11) is 0. The highest BCUT2D eigenvalue weighted by atomic mass is 32.1. The van der Waals surface area contributed by atoms with Gasteiger partial charge in [0, 0.05) is 6.20 Å². The number of ether oxygens (including phenoxy) is 1. The Labute approximate surface area is 143 Å². The van der Waals surface area contributed by atoms with Gasteiger partial charge in [0.15, 0.2) is 0 Å². The molecular formula is C18H26N2O2S. The third-order valence-corrected chi connectivity index (χ3v) is 4.76. The van der Waals surface area contributed by atoms with Gasteiger partial charge in [-0.3, -0.25) is 9.78 Å². The number of aromatic nitrogens is 1. The molecule has 0 aromatic carbocycles. The third-order valence-electron chi connectivity index (χ3n) is 4.52. The average molecular weight is 334 g/mol. The molecule has 2 N–H and O–H groups in total.